The SMILES string of the molecule is CCCNC(=O)CNCc1cc(Br)ccc1[N+](=O)[O-]. The molecule has 0 unspecified atom stereocenters. The summed E-state index contributed by atoms with van der Waals surface area (Å²) in [6.45, 7) is 3.02. The highest BCUT2D eigenvalue weighted by molar-refractivity contribution is 9.10. The quantitative estimate of drug-likeness (QED) is 0.591. The number of hydrogen-bond donors (Lipinski definition) is 2. The van der Waals surface area contributed by atoms with Gasteiger partial charge >= 0.3 is 0 Å². The Hall–Kier alpha value is -1.47. The van der Waals surface area contributed by atoms with Crippen LogP contribution >= 0.6 is 15.9 Å². The van der Waals surface area contributed by atoms with E-state index in [0.29, 0.717) is 12.1 Å². The molecule has 2 N–H and O–H groups in total. The number of nitro benzene ring substituents is 1. The van der Waals surface area contributed by atoms with Gasteiger partial charge in [-0.05, 0) is 18.6 Å². The van der Waals surface area contributed by atoms with E-state index in [1.807, 2.05) is 6.92 Å². The summed E-state index contributed by atoms with van der Waals surface area (Å²) in [5.74, 6) is -0.112. The molecule has 1 rings (SSSR count). The van der Waals surface area contributed by atoms with Gasteiger partial charge in [0.25, 0.3) is 5.69 Å². The molecule has 0 aliphatic carbocycles. The maximum atomic E-state index is 11.4. The van der Waals surface area contributed by atoms with Gasteiger partial charge in [0.2, 0.25) is 5.91 Å². The minimum Gasteiger partial charge on any atom is -0.355 e. The molecular formula is C12H16BrN3O3. The molecule has 0 spiro atoms. The summed E-state index contributed by atoms with van der Waals surface area (Å²) in [5.41, 5.74) is 0.590. The van der Waals surface area contributed by atoms with E-state index in [2.05, 4.69) is 26.6 Å². The van der Waals surface area contributed by atoms with E-state index < -0.39 is 4.92 Å². The monoisotopic (exact) mass is 329 g/mol. The Kier molecular flexibility index (Phi) is 6.44. The molecule has 104 valence electrons. The molecule has 7 heteroatoms. The molecular weight excluding hydrogens is 314 g/mol. The summed E-state index contributed by atoms with van der Waals surface area (Å²) in [4.78, 5) is 21.8. The Morgan fingerprint density at radius 2 is 2.21 bits per heavy atom. The fraction of sp³-hybridized carbons (Fsp3) is 0.417. The highest BCUT2D eigenvalue weighted by Crippen LogP contribution is 2.22. The molecule has 1 aromatic rings. The molecule has 0 aromatic heterocycles. The zero-order valence-electron chi connectivity index (χ0n) is 10.6. The van der Waals surface area contributed by atoms with Crippen molar-refractivity contribution in [3.63, 3.8) is 0 Å². The number of nitro groups is 1. The van der Waals surface area contributed by atoms with Crippen LogP contribution in [0.3, 0.4) is 0 Å². The highest BCUT2D eigenvalue weighted by Gasteiger charge is 2.13. The van der Waals surface area contributed by atoms with E-state index in [4.69, 9.17) is 0 Å². The summed E-state index contributed by atoms with van der Waals surface area (Å²) in [5, 5.41) is 16.5. The number of nitrogens with zero attached hydrogens (tertiary/aromatic N) is 1. The van der Waals surface area contributed by atoms with Crippen molar-refractivity contribution in [2.45, 2.75) is 19.9 Å². The predicted molar refractivity (Wildman–Crippen MR) is 75.8 cm³/mol. The van der Waals surface area contributed by atoms with Gasteiger partial charge in [-0.25, -0.2) is 0 Å². The van der Waals surface area contributed by atoms with Gasteiger partial charge in [-0.15, -0.1) is 0 Å². The molecule has 6 nitrogen and oxygen atoms in total. The van der Waals surface area contributed by atoms with Crippen LogP contribution in [0.2, 0.25) is 0 Å². The van der Waals surface area contributed by atoms with Crippen molar-refractivity contribution in [3.8, 4) is 0 Å². The van der Waals surface area contributed by atoms with Crippen LogP contribution in [-0.4, -0.2) is 23.9 Å². The molecule has 0 radical (unpaired) electrons. The summed E-state index contributed by atoms with van der Waals surface area (Å²) in [7, 11) is 0. The highest BCUT2D eigenvalue weighted by atomic mass is 79.9. The van der Waals surface area contributed by atoms with Crippen LogP contribution in [0.4, 0.5) is 5.69 Å². The Morgan fingerprint density at radius 3 is 2.84 bits per heavy atom. The van der Waals surface area contributed by atoms with Gasteiger partial charge in [0, 0.05) is 29.2 Å². The molecule has 0 bridgehead atoms. The zero-order chi connectivity index (χ0) is 14.3. The van der Waals surface area contributed by atoms with Crippen LogP contribution in [0, 0.1) is 10.1 Å². The number of rotatable bonds is 7. The number of halogens is 1. The Bertz CT molecular complexity index is 466. The summed E-state index contributed by atoms with van der Waals surface area (Å²) in [6, 6.07) is 4.74. The lowest BCUT2D eigenvalue weighted by molar-refractivity contribution is -0.385. The third-order valence-corrected chi connectivity index (χ3v) is 2.90. The molecule has 1 aromatic carbocycles. The van der Waals surface area contributed by atoms with Crippen LogP contribution < -0.4 is 10.6 Å². The molecule has 1 amide bonds. The normalized spacial score (nSPS) is 10.2. The topological polar surface area (TPSA) is 84.3 Å². The first-order valence-electron chi connectivity index (χ1n) is 5.94. The summed E-state index contributed by atoms with van der Waals surface area (Å²) >= 11 is 3.27. The average molecular weight is 330 g/mol. The van der Waals surface area contributed by atoms with Crippen molar-refractivity contribution in [1.82, 2.24) is 10.6 Å². The van der Waals surface area contributed by atoms with E-state index in [1.54, 1.807) is 12.1 Å². The van der Waals surface area contributed by atoms with Gasteiger partial charge in [-0.1, -0.05) is 22.9 Å². The molecule has 0 saturated carbocycles. The average Bonchev–Trinajstić information content (AvgIpc) is 2.36. The lowest BCUT2D eigenvalue weighted by Crippen LogP contribution is -2.34. The van der Waals surface area contributed by atoms with Crippen LogP contribution in [0.5, 0.6) is 0 Å². The minimum absolute atomic E-state index is 0.0460. The second-order valence-corrected chi connectivity index (χ2v) is 4.90. The van der Waals surface area contributed by atoms with Crippen LogP contribution in [0.1, 0.15) is 18.9 Å². The van der Waals surface area contributed by atoms with Gasteiger partial charge in [0.05, 0.1) is 11.5 Å². The van der Waals surface area contributed by atoms with Crippen molar-refractivity contribution >= 4 is 27.5 Å². The number of carbonyl (C=O) groups excluding carboxylic acids is 1. The second-order valence-electron chi connectivity index (χ2n) is 3.98. The third kappa shape index (κ3) is 5.35. The summed E-state index contributed by atoms with van der Waals surface area (Å²) < 4.78 is 0.769. The van der Waals surface area contributed by atoms with Gasteiger partial charge in [0.1, 0.15) is 0 Å². The molecule has 0 aliphatic rings. The van der Waals surface area contributed by atoms with E-state index in [9.17, 15) is 14.9 Å². The number of carbonyl (C=O) groups is 1. The molecule has 0 fully saturated rings. The first-order valence-corrected chi connectivity index (χ1v) is 6.74. The molecule has 0 aliphatic heterocycles. The van der Waals surface area contributed by atoms with Crippen molar-refractivity contribution in [1.29, 1.82) is 0 Å². The third-order valence-electron chi connectivity index (χ3n) is 2.41. The number of nitrogens with one attached hydrogen (secondary N) is 2. The minimum atomic E-state index is -0.430. The molecule has 19 heavy (non-hydrogen) atoms. The maximum Gasteiger partial charge on any atom is 0.273 e. The first-order chi connectivity index (χ1) is 9.04. The molecule has 0 atom stereocenters. The van der Waals surface area contributed by atoms with Crippen molar-refractivity contribution in [3.05, 3.63) is 38.3 Å². The van der Waals surface area contributed by atoms with E-state index in [0.717, 1.165) is 10.9 Å². The first kappa shape index (κ1) is 15.6. The maximum absolute atomic E-state index is 11.4. The standard InChI is InChI=1S/C12H16BrN3O3/c1-2-5-15-12(17)8-14-7-9-6-10(13)3-4-11(9)16(18)19/h3-4,6,14H,2,5,7-8H2,1H3,(H,15,17). The Labute approximate surface area is 119 Å². The molecule has 0 heterocycles. The number of benzene rings is 1. The number of hydrogen-bond acceptors (Lipinski definition) is 4. The smallest absolute Gasteiger partial charge is 0.273 e. The predicted octanol–water partition coefficient (Wildman–Crippen LogP) is 1.97. The second kappa shape index (κ2) is 7.85. The fourth-order valence-electron chi connectivity index (χ4n) is 1.51. The Balaban J connectivity index is 2.55. The van der Waals surface area contributed by atoms with Gasteiger partial charge in [-0.3, -0.25) is 14.9 Å². The lowest BCUT2D eigenvalue weighted by atomic mass is 10.2. The van der Waals surface area contributed by atoms with E-state index in [1.165, 1.54) is 6.07 Å². The summed E-state index contributed by atoms with van der Waals surface area (Å²) in [6.07, 6.45) is 0.878. The van der Waals surface area contributed by atoms with Gasteiger partial charge in [0.15, 0.2) is 0 Å². The van der Waals surface area contributed by atoms with Crippen molar-refractivity contribution in [2.24, 2.45) is 0 Å². The number of amides is 1. The van der Waals surface area contributed by atoms with Crippen LogP contribution in [0.15, 0.2) is 22.7 Å². The molecule has 0 saturated heterocycles. The van der Waals surface area contributed by atoms with Crippen molar-refractivity contribution in [2.75, 3.05) is 13.1 Å². The zero-order valence-corrected chi connectivity index (χ0v) is 12.2. The lowest BCUT2D eigenvalue weighted by Gasteiger charge is -2.07. The fourth-order valence-corrected chi connectivity index (χ4v) is 1.92. The van der Waals surface area contributed by atoms with Gasteiger partial charge < -0.3 is 10.6 Å². The largest absolute Gasteiger partial charge is 0.355 e. The van der Waals surface area contributed by atoms with Crippen molar-refractivity contribution < 1.29 is 9.72 Å². The van der Waals surface area contributed by atoms with Gasteiger partial charge in [-0.2, -0.15) is 0 Å². The van der Waals surface area contributed by atoms with Crippen LogP contribution in [-0.2, 0) is 11.3 Å². The Morgan fingerprint density at radius 1 is 1.47 bits per heavy atom. The van der Waals surface area contributed by atoms with E-state index in [-0.39, 0.29) is 24.7 Å². The van der Waals surface area contributed by atoms with E-state index >= 15 is 0 Å². The van der Waals surface area contributed by atoms with Crippen LogP contribution in [0.25, 0.3) is 0 Å².